The number of benzene rings is 1. The molecule has 3 nitrogen and oxygen atoms in total. The van der Waals surface area contributed by atoms with Crippen LogP contribution in [0.1, 0.15) is 45.1 Å². The van der Waals surface area contributed by atoms with Crippen LogP contribution in [0, 0.1) is 5.82 Å². The van der Waals surface area contributed by atoms with E-state index in [1.165, 1.54) is 0 Å². The van der Waals surface area contributed by atoms with Crippen molar-refractivity contribution < 1.29 is 9.50 Å². The molecule has 2 unspecified atom stereocenters. The summed E-state index contributed by atoms with van der Waals surface area (Å²) in [6.45, 7) is 4.88. The van der Waals surface area contributed by atoms with Crippen molar-refractivity contribution in [3.8, 4) is 0 Å². The second kappa shape index (κ2) is 5.93. The van der Waals surface area contributed by atoms with E-state index >= 15 is 0 Å². The SMILES string of the molecule is CC(C)NCc1cccc(F)c1N1C2CCC1CC(O)C2. The van der Waals surface area contributed by atoms with E-state index in [-0.39, 0.29) is 24.0 Å². The summed E-state index contributed by atoms with van der Waals surface area (Å²) < 4.78 is 14.5. The van der Waals surface area contributed by atoms with Crippen molar-refractivity contribution >= 4 is 5.69 Å². The van der Waals surface area contributed by atoms with Gasteiger partial charge in [0.1, 0.15) is 5.82 Å². The summed E-state index contributed by atoms with van der Waals surface area (Å²) in [5.41, 5.74) is 1.78. The lowest BCUT2D eigenvalue weighted by atomic mass is 9.97. The Bertz CT molecular complexity index is 492. The Morgan fingerprint density at radius 2 is 1.95 bits per heavy atom. The first kappa shape index (κ1) is 14.8. The van der Waals surface area contributed by atoms with Crippen LogP contribution in [-0.2, 0) is 6.54 Å². The van der Waals surface area contributed by atoms with Gasteiger partial charge in [0.25, 0.3) is 0 Å². The quantitative estimate of drug-likeness (QED) is 0.896. The van der Waals surface area contributed by atoms with Crippen LogP contribution in [0.4, 0.5) is 10.1 Å². The number of aliphatic hydroxyl groups excluding tert-OH is 1. The van der Waals surface area contributed by atoms with Crippen LogP contribution in [0.15, 0.2) is 18.2 Å². The van der Waals surface area contributed by atoms with Gasteiger partial charge in [0, 0.05) is 24.7 Å². The summed E-state index contributed by atoms with van der Waals surface area (Å²) in [6.07, 6.45) is 3.44. The molecule has 2 fully saturated rings. The summed E-state index contributed by atoms with van der Waals surface area (Å²) in [4.78, 5) is 2.25. The minimum atomic E-state index is -0.220. The molecule has 2 saturated heterocycles. The summed E-state index contributed by atoms with van der Waals surface area (Å²) in [6, 6.07) is 6.30. The highest BCUT2D eigenvalue weighted by Crippen LogP contribution is 2.41. The van der Waals surface area contributed by atoms with Crippen LogP contribution >= 0.6 is 0 Å². The second-order valence-electron chi connectivity index (χ2n) is 6.70. The smallest absolute Gasteiger partial charge is 0.146 e. The molecule has 2 heterocycles. The molecule has 2 aliphatic rings. The monoisotopic (exact) mass is 292 g/mol. The topological polar surface area (TPSA) is 35.5 Å². The third-order valence-electron chi connectivity index (χ3n) is 4.74. The fourth-order valence-corrected chi connectivity index (χ4v) is 3.82. The lowest BCUT2D eigenvalue weighted by molar-refractivity contribution is 0.126. The van der Waals surface area contributed by atoms with Crippen LogP contribution in [-0.4, -0.2) is 29.3 Å². The predicted molar refractivity (Wildman–Crippen MR) is 82.9 cm³/mol. The zero-order valence-corrected chi connectivity index (χ0v) is 12.8. The highest BCUT2D eigenvalue weighted by atomic mass is 19.1. The van der Waals surface area contributed by atoms with Crippen LogP contribution in [0.5, 0.6) is 0 Å². The van der Waals surface area contributed by atoms with Gasteiger partial charge in [0.05, 0.1) is 11.8 Å². The highest BCUT2D eigenvalue weighted by Gasteiger charge is 2.41. The number of para-hydroxylation sites is 1. The fourth-order valence-electron chi connectivity index (χ4n) is 3.82. The van der Waals surface area contributed by atoms with Crippen molar-refractivity contribution in [1.29, 1.82) is 0 Å². The number of halogens is 1. The molecule has 0 amide bonds. The van der Waals surface area contributed by atoms with E-state index < -0.39 is 0 Å². The molecule has 1 aromatic carbocycles. The van der Waals surface area contributed by atoms with Gasteiger partial charge in [0.2, 0.25) is 0 Å². The molecule has 3 rings (SSSR count). The van der Waals surface area contributed by atoms with E-state index in [1.54, 1.807) is 12.1 Å². The van der Waals surface area contributed by atoms with Gasteiger partial charge >= 0.3 is 0 Å². The standard InChI is InChI=1S/C17H25FN2O/c1-11(2)19-10-12-4-3-5-16(18)17(12)20-13-6-7-14(20)9-15(21)8-13/h3-5,11,13-15,19,21H,6-10H2,1-2H3. The average molecular weight is 292 g/mol. The lowest BCUT2D eigenvalue weighted by Crippen LogP contribution is -2.45. The van der Waals surface area contributed by atoms with E-state index in [0.717, 1.165) is 36.9 Å². The molecule has 0 aliphatic carbocycles. The molecule has 2 N–H and O–H groups in total. The van der Waals surface area contributed by atoms with Crippen LogP contribution in [0.25, 0.3) is 0 Å². The van der Waals surface area contributed by atoms with Gasteiger partial charge < -0.3 is 15.3 Å². The molecule has 0 aromatic heterocycles. The van der Waals surface area contributed by atoms with Crippen LogP contribution in [0.3, 0.4) is 0 Å². The molecule has 21 heavy (non-hydrogen) atoms. The largest absolute Gasteiger partial charge is 0.393 e. The van der Waals surface area contributed by atoms with Crippen LogP contribution < -0.4 is 10.2 Å². The van der Waals surface area contributed by atoms with Crippen LogP contribution in [0.2, 0.25) is 0 Å². The van der Waals surface area contributed by atoms with Gasteiger partial charge in [-0.2, -0.15) is 0 Å². The molecule has 0 spiro atoms. The highest BCUT2D eigenvalue weighted by molar-refractivity contribution is 5.58. The van der Waals surface area contributed by atoms with E-state index in [9.17, 15) is 9.50 Å². The number of nitrogens with zero attached hydrogens (tertiary/aromatic N) is 1. The minimum Gasteiger partial charge on any atom is -0.393 e. The van der Waals surface area contributed by atoms with Crippen molar-refractivity contribution in [1.82, 2.24) is 5.32 Å². The number of anilines is 1. The molecular formula is C17H25FN2O. The number of aliphatic hydroxyl groups is 1. The first-order valence-electron chi connectivity index (χ1n) is 8.03. The number of hydrogen-bond acceptors (Lipinski definition) is 3. The molecule has 2 aliphatic heterocycles. The van der Waals surface area contributed by atoms with E-state index in [0.29, 0.717) is 12.6 Å². The van der Waals surface area contributed by atoms with Gasteiger partial charge in [-0.25, -0.2) is 4.39 Å². The minimum absolute atomic E-state index is 0.133. The summed E-state index contributed by atoms with van der Waals surface area (Å²) in [5, 5.41) is 13.3. The van der Waals surface area contributed by atoms with Gasteiger partial charge in [0.15, 0.2) is 0 Å². The lowest BCUT2D eigenvalue weighted by Gasteiger charge is -2.40. The Labute approximate surface area is 126 Å². The Kier molecular flexibility index (Phi) is 4.18. The van der Waals surface area contributed by atoms with Crippen molar-refractivity contribution in [2.24, 2.45) is 0 Å². The average Bonchev–Trinajstić information content (AvgIpc) is 2.68. The first-order valence-corrected chi connectivity index (χ1v) is 8.03. The first-order chi connectivity index (χ1) is 10.1. The number of nitrogens with one attached hydrogen (secondary N) is 1. The molecule has 0 saturated carbocycles. The van der Waals surface area contributed by atoms with E-state index in [4.69, 9.17) is 0 Å². The summed E-state index contributed by atoms with van der Waals surface area (Å²) >= 11 is 0. The maximum atomic E-state index is 14.5. The van der Waals surface area contributed by atoms with Crippen molar-refractivity contribution in [3.63, 3.8) is 0 Å². The molecule has 4 heteroatoms. The number of hydrogen-bond donors (Lipinski definition) is 2. The van der Waals surface area contributed by atoms with Gasteiger partial charge in [-0.05, 0) is 37.3 Å². The van der Waals surface area contributed by atoms with Crippen molar-refractivity contribution in [2.75, 3.05) is 4.90 Å². The Hall–Kier alpha value is -1.13. The Morgan fingerprint density at radius 3 is 2.57 bits per heavy atom. The zero-order chi connectivity index (χ0) is 15.0. The predicted octanol–water partition coefficient (Wildman–Crippen LogP) is 2.82. The summed E-state index contributed by atoms with van der Waals surface area (Å²) in [7, 11) is 0. The van der Waals surface area contributed by atoms with E-state index in [1.807, 2.05) is 6.07 Å². The van der Waals surface area contributed by atoms with E-state index in [2.05, 4.69) is 24.1 Å². The van der Waals surface area contributed by atoms with Gasteiger partial charge in [-0.1, -0.05) is 26.0 Å². The van der Waals surface area contributed by atoms with Crippen molar-refractivity contribution in [2.45, 2.75) is 70.3 Å². The van der Waals surface area contributed by atoms with Crippen molar-refractivity contribution in [3.05, 3.63) is 29.6 Å². The third-order valence-corrected chi connectivity index (χ3v) is 4.74. The molecule has 0 radical (unpaired) electrons. The molecule has 116 valence electrons. The van der Waals surface area contributed by atoms with Gasteiger partial charge in [-0.15, -0.1) is 0 Å². The maximum Gasteiger partial charge on any atom is 0.146 e. The fraction of sp³-hybridized carbons (Fsp3) is 0.647. The molecule has 2 atom stereocenters. The molecule has 1 aromatic rings. The third kappa shape index (κ3) is 2.92. The zero-order valence-electron chi connectivity index (χ0n) is 12.8. The summed E-state index contributed by atoms with van der Waals surface area (Å²) in [5.74, 6) is -0.133. The normalized spacial score (nSPS) is 28.4. The molecular weight excluding hydrogens is 267 g/mol. The Balaban J connectivity index is 1.91. The molecule has 2 bridgehead atoms. The maximum absolute atomic E-state index is 14.5. The van der Waals surface area contributed by atoms with Gasteiger partial charge in [-0.3, -0.25) is 0 Å². The number of piperidine rings is 1. The number of fused-ring (bicyclic) bond motifs is 2. The Morgan fingerprint density at radius 1 is 1.29 bits per heavy atom. The number of rotatable bonds is 4. The second-order valence-corrected chi connectivity index (χ2v) is 6.70.